The van der Waals surface area contributed by atoms with Crippen LogP contribution in [0.2, 0.25) is 0 Å². The number of carbonyl (C=O) groups is 2. The van der Waals surface area contributed by atoms with Gasteiger partial charge in [-0.2, -0.15) is 0 Å². The predicted octanol–water partition coefficient (Wildman–Crippen LogP) is 1.56. The van der Waals surface area contributed by atoms with Crippen molar-refractivity contribution in [1.29, 1.82) is 0 Å². The summed E-state index contributed by atoms with van der Waals surface area (Å²) >= 11 is 0. The molecule has 1 fully saturated rings. The fourth-order valence-electron chi connectivity index (χ4n) is 2.83. The second-order valence-electron chi connectivity index (χ2n) is 6.11. The van der Waals surface area contributed by atoms with Crippen molar-refractivity contribution < 1.29 is 19.1 Å². The smallest absolute Gasteiger partial charge is 0.344 e. The van der Waals surface area contributed by atoms with Gasteiger partial charge in [0.2, 0.25) is 5.91 Å². The number of hydrogen-bond donors (Lipinski definition) is 2. The molecule has 1 aromatic rings. The van der Waals surface area contributed by atoms with E-state index in [-0.39, 0.29) is 18.5 Å². The molecule has 1 amide bonds. The lowest BCUT2D eigenvalue weighted by atomic mass is 9.98. The molecule has 2 rings (SSSR count). The number of carbonyl (C=O) groups excluding carboxylic acids is 2. The van der Waals surface area contributed by atoms with Gasteiger partial charge in [-0.05, 0) is 43.9 Å². The highest BCUT2D eigenvalue weighted by Gasteiger charge is 2.36. The Bertz CT molecular complexity index is 551. The Kier molecular flexibility index (Phi) is 6.61. The van der Waals surface area contributed by atoms with Crippen LogP contribution < -0.4 is 15.8 Å². The van der Waals surface area contributed by atoms with E-state index in [0.29, 0.717) is 18.9 Å². The highest BCUT2D eigenvalue weighted by Crippen LogP contribution is 2.27. The van der Waals surface area contributed by atoms with Crippen LogP contribution in [0.25, 0.3) is 0 Å². The second-order valence-corrected chi connectivity index (χ2v) is 6.11. The molecule has 1 aromatic carbocycles. The van der Waals surface area contributed by atoms with E-state index in [1.54, 1.807) is 19.1 Å². The van der Waals surface area contributed by atoms with Crippen LogP contribution in [0.15, 0.2) is 24.3 Å². The van der Waals surface area contributed by atoms with E-state index in [9.17, 15) is 9.59 Å². The third kappa shape index (κ3) is 5.23. The lowest BCUT2D eigenvalue weighted by Gasteiger charge is -2.22. The average Bonchev–Trinajstić information content (AvgIpc) is 3.02. The summed E-state index contributed by atoms with van der Waals surface area (Å²) in [6.07, 6.45) is 4.31. The van der Waals surface area contributed by atoms with Crippen LogP contribution in [-0.4, -0.2) is 37.2 Å². The molecule has 0 unspecified atom stereocenters. The standard InChI is InChI=1S/C18H26N2O4/c1-2-23-16(21)13-24-15-7-5-14(6-8-15)9-12-20-17(22)18(19)10-3-4-11-18/h5-8H,2-4,9-13,19H2,1H3,(H,20,22). The number of nitrogens with two attached hydrogens (primary N) is 1. The molecule has 0 bridgehead atoms. The number of esters is 1. The van der Waals surface area contributed by atoms with Crippen LogP contribution in [0.5, 0.6) is 5.75 Å². The first-order valence-corrected chi connectivity index (χ1v) is 8.48. The Morgan fingerprint density at radius 3 is 2.50 bits per heavy atom. The molecule has 0 aromatic heterocycles. The summed E-state index contributed by atoms with van der Waals surface area (Å²) in [5, 5.41) is 2.93. The zero-order valence-corrected chi connectivity index (χ0v) is 14.2. The maximum absolute atomic E-state index is 12.1. The van der Waals surface area contributed by atoms with Gasteiger partial charge in [0.15, 0.2) is 6.61 Å². The van der Waals surface area contributed by atoms with E-state index < -0.39 is 5.54 Å². The van der Waals surface area contributed by atoms with Gasteiger partial charge in [0.25, 0.3) is 0 Å². The number of rotatable bonds is 8. The maximum atomic E-state index is 12.1. The Labute approximate surface area is 142 Å². The molecule has 24 heavy (non-hydrogen) atoms. The van der Waals surface area contributed by atoms with Crippen molar-refractivity contribution in [2.45, 2.75) is 44.6 Å². The Balaban J connectivity index is 1.71. The van der Waals surface area contributed by atoms with Crippen LogP contribution >= 0.6 is 0 Å². The van der Waals surface area contributed by atoms with Crippen molar-refractivity contribution in [3.63, 3.8) is 0 Å². The highest BCUT2D eigenvalue weighted by atomic mass is 16.6. The van der Waals surface area contributed by atoms with Crippen LogP contribution in [-0.2, 0) is 20.7 Å². The normalized spacial score (nSPS) is 15.8. The molecule has 1 saturated carbocycles. The summed E-state index contributed by atoms with van der Waals surface area (Å²) < 4.78 is 10.1. The van der Waals surface area contributed by atoms with Crippen molar-refractivity contribution in [3.8, 4) is 5.75 Å². The van der Waals surface area contributed by atoms with Crippen molar-refractivity contribution in [1.82, 2.24) is 5.32 Å². The van der Waals surface area contributed by atoms with Gasteiger partial charge in [0.05, 0.1) is 12.1 Å². The van der Waals surface area contributed by atoms with E-state index in [1.165, 1.54) is 0 Å². The van der Waals surface area contributed by atoms with Gasteiger partial charge in [-0.25, -0.2) is 4.79 Å². The lowest BCUT2D eigenvalue weighted by Crippen LogP contribution is -2.52. The van der Waals surface area contributed by atoms with E-state index in [0.717, 1.165) is 37.7 Å². The minimum atomic E-state index is -0.676. The first-order chi connectivity index (χ1) is 11.5. The second kappa shape index (κ2) is 8.68. The first-order valence-electron chi connectivity index (χ1n) is 8.48. The molecule has 0 heterocycles. The van der Waals surface area contributed by atoms with E-state index in [1.807, 2.05) is 12.1 Å². The van der Waals surface area contributed by atoms with Crippen molar-refractivity contribution in [2.24, 2.45) is 5.73 Å². The number of ether oxygens (including phenoxy) is 2. The summed E-state index contributed by atoms with van der Waals surface area (Å²) in [5.41, 5.74) is 6.52. The molecule has 1 aliphatic rings. The van der Waals surface area contributed by atoms with Crippen molar-refractivity contribution >= 4 is 11.9 Å². The molecule has 132 valence electrons. The lowest BCUT2D eigenvalue weighted by molar-refractivity contribution is -0.145. The number of benzene rings is 1. The predicted molar refractivity (Wildman–Crippen MR) is 90.7 cm³/mol. The topological polar surface area (TPSA) is 90.6 Å². The highest BCUT2D eigenvalue weighted by molar-refractivity contribution is 5.86. The van der Waals surface area contributed by atoms with Crippen LogP contribution in [0.4, 0.5) is 0 Å². The van der Waals surface area contributed by atoms with E-state index >= 15 is 0 Å². The number of hydrogen-bond acceptors (Lipinski definition) is 5. The fourth-order valence-corrected chi connectivity index (χ4v) is 2.83. The summed E-state index contributed by atoms with van der Waals surface area (Å²) in [5.74, 6) is 0.184. The molecular weight excluding hydrogens is 308 g/mol. The van der Waals surface area contributed by atoms with Gasteiger partial charge in [0.1, 0.15) is 5.75 Å². The quantitative estimate of drug-likeness (QED) is 0.704. The molecule has 3 N–H and O–H groups in total. The Morgan fingerprint density at radius 1 is 1.21 bits per heavy atom. The molecule has 6 nitrogen and oxygen atoms in total. The van der Waals surface area contributed by atoms with E-state index in [4.69, 9.17) is 15.2 Å². The molecule has 0 spiro atoms. The third-order valence-corrected chi connectivity index (χ3v) is 4.23. The van der Waals surface area contributed by atoms with Gasteiger partial charge in [-0.1, -0.05) is 25.0 Å². The zero-order valence-electron chi connectivity index (χ0n) is 14.2. The Morgan fingerprint density at radius 2 is 1.88 bits per heavy atom. The van der Waals surface area contributed by atoms with Gasteiger partial charge in [-0.3, -0.25) is 4.79 Å². The van der Waals surface area contributed by atoms with Gasteiger partial charge >= 0.3 is 5.97 Å². The van der Waals surface area contributed by atoms with Crippen molar-refractivity contribution in [3.05, 3.63) is 29.8 Å². The minimum absolute atomic E-state index is 0.0469. The summed E-state index contributed by atoms with van der Waals surface area (Å²) in [4.78, 5) is 23.3. The van der Waals surface area contributed by atoms with Crippen LogP contribution in [0.3, 0.4) is 0 Å². The van der Waals surface area contributed by atoms with Crippen LogP contribution in [0, 0.1) is 0 Å². The number of amides is 1. The molecule has 0 aliphatic heterocycles. The monoisotopic (exact) mass is 334 g/mol. The average molecular weight is 334 g/mol. The zero-order chi connectivity index (χ0) is 17.4. The Hall–Kier alpha value is -2.08. The summed E-state index contributed by atoms with van der Waals surface area (Å²) in [7, 11) is 0. The van der Waals surface area contributed by atoms with Crippen LogP contribution in [0.1, 0.15) is 38.2 Å². The van der Waals surface area contributed by atoms with Gasteiger partial charge < -0.3 is 20.5 Å². The largest absolute Gasteiger partial charge is 0.482 e. The minimum Gasteiger partial charge on any atom is -0.482 e. The van der Waals surface area contributed by atoms with Crippen molar-refractivity contribution in [2.75, 3.05) is 19.8 Å². The van der Waals surface area contributed by atoms with E-state index in [2.05, 4.69) is 5.32 Å². The summed E-state index contributed by atoms with van der Waals surface area (Å²) in [6.45, 7) is 2.56. The molecular formula is C18H26N2O4. The van der Waals surface area contributed by atoms with Gasteiger partial charge in [-0.15, -0.1) is 0 Å². The number of nitrogens with one attached hydrogen (secondary N) is 1. The molecule has 1 aliphatic carbocycles. The molecule has 0 atom stereocenters. The first kappa shape index (κ1) is 18.3. The summed E-state index contributed by atoms with van der Waals surface area (Å²) in [6, 6.07) is 7.44. The maximum Gasteiger partial charge on any atom is 0.344 e. The van der Waals surface area contributed by atoms with Gasteiger partial charge in [0, 0.05) is 6.54 Å². The third-order valence-electron chi connectivity index (χ3n) is 4.23. The molecule has 6 heteroatoms. The fraction of sp³-hybridized carbons (Fsp3) is 0.556. The SMILES string of the molecule is CCOC(=O)COc1ccc(CCNC(=O)C2(N)CCCC2)cc1. The molecule has 0 saturated heterocycles. The molecule has 0 radical (unpaired) electrons.